The number of halogens is 3. The van der Waals surface area contributed by atoms with Crippen molar-refractivity contribution in [3.63, 3.8) is 0 Å². The number of rotatable bonds is 4. The van der Waals surface area contributed by atoms with Crippen LogP contribution in [0.15, 0.2) is 12.1 Å². The van der Waals surface area contributed by atoms with Gasteiger partial charge in [-0.2, -0.15) is 14.0 Å². The van der Waals surface area contributed by atoms with Crippen molar-refractivity contribution in [2.45, 2.75) is 12.5 Å². The Bertz CT molecular complexity index is 500. The third kappa shape index (κ3) is 3.08. The van der Waals surface area contributed by atoms with E-state index in [1.54, 1.807) is 6.07 Å². The van der Waals surface area contributed by atoms with Crippen LogP contribution in [-0.4, -0.2) is 19.7 Å². The highest BCUT2D eigenvalue weighted by Crippen LogP contribution is 2.29. The molecule has 18 heavy (non-hydrogen) atoms. The van der Waals surface area contributed by atoms with Crippen molar-refractivity contribution in [2.75, 3.05) is 7.11 Å². The van der Waals surface area contributed by atoms with Gasteiger partial charge in [-0.25, -0.2) is 4.79 Å². The summed E-state index contributed by atoms with van der Waals surface area (Å²) in [6, 6.07) is 4.03. The molecule has 0 unspecified atom stereocenters. The molecule has 7 heteroatoms. The third-order valence-corrected chi connectivity index (χ3v) is 2.35. The van der Waals surface area contributed by atoms with E-state index in [1.165, 1.54) is 6.07 Å². The molecule has 0 fully saturated rings. The Morgan fingerprint density at radius 3 is 2.67 bits per heavy atom. The molecule has 0 atom stereocenters. The lowest BCUT2D eigenvalue weighted by Crippen LogP contribution is -2.09. The topological polar surface area (TPSA) is 59.3 Å². The minimum atomic E-state index is -3.08. The fourth-order valence-corrected chi connectivity index (χ4v) is 1.53. The summed E-state index contributed by atoms with van der Waals surface area (Å²) in [7, 11) is 1.16. The fourth-order valence-electron chi connectivity index (χ4n) is 1.34. The molecule has 96 valence electrons. The predicted octanol–water partition coefficient (Wildman–Crippen LogP) is 2.69. The number of nitriles is 1. The highest BCUT2D eigenvalue weighted by atomic mass is 35.5. The first-order chi connectivity index (χ1) is 8.53. The molecule has 0 amide bonds. The predicted molar refractivity (Wildman–Crippen MR) is 58.7 cm³/mol. The van der Waals surface area contributed by atoms with Crippen LogP contribution in [0.2, 0.25) is 0 Å². The van der Waals surface area contributed by atoms with Gasteiger partial charge in [0.25, 0.3) is 0 Å². The number of ether oxygens (including phenoxy) is 2. The van der Waals surface area contributed by atoms with Crippen LogP contribution < -0.4 is 4.74 Å². The second-order valence-electron chi connectivity index (χ2n) is 3.13. The molecule has 0 aliphatic carbocycles. The van der Waals surface area contributed by atoms with Crippen molar-refractivity contribution in [3.8, 4) is 11.8 Å². The smallest absolute Gasteiger partial charge is 0.387 e. The Morgan fingerprint density at radius 1 is 1.56 bits per heavy atom. The first-order valence-corrected chi connectivity index (χ1v) is 5.23. The molecule has 0 aromatic heterocycles. The molecule has 0 radical (unpaired) electrons. The molecular weight excluding hydrogens is 268 g/mol. The van der Waals surface area contributed by atoms with Crippen molar-refractivity contribution in [1.29, 1.82) is 5.26 Å². The summed E-state index contributed by atoms with van der Waals surface area (Å²) in [6.45, 7) is -3.08. The van der Waals surface area contributed by atoms with E-state index in [4.69, 9.17) is 16.9 Å². The zero-order chi connectivity index (χ0) is 13.7. The van der Waals surface area contributed by atoms with Gasteiger partial charge in [0.1, 0.15) is 11.8 Å². The first kappa shape index (κ1) is 14.2. The number of esters is 1. The monoisotopic (exact) mass is 275 g/mol. The van der Waals surface area contributed by atoms with E-state index in [9.17, 15) is 13.6 Å². The number of benzene rings is 1. The molecule has 0 saturated carbocycles. The third-order valence-electron chi connectivity index (χ3n) is 2.06. The first-order valence-electron chi connectivity index (χ1n) is 4.69. The average molecular weight is 276 g/mol. The maximum Gasteiger partial charge on any atom is 0.387 e. The van der Waals surface area contributed by atoms with Crippen LogP contribution in [0.4, 0.5) is 8.78 Å². The molecule has 0 N–H and O–H groups in total. The molecule has 0 aliphatic rings. The van der Waals surface area contributed by atoms with E-state index >= 15 is 0 Å². The van der Waals surface area contributed by atoms with E-state index in [1.807, 2.05) is 0 Å². The van der Waals surface area contributed by atoms with E-state index in [0.717, 1.165) is 13.2 Å². The average Bonchev–Trinajstić information content (AvgIpc) is 2.37. The van der Waals surface area contributed by atoms with Crippen LogP contribution in [0, 0.1) is 11.3 Å². The summed E-state index contributed by atoms with van der Waals surface area (Å²) in [6.07, 6.45) is 0. The van der Waals surface area contributed by atoms with Crippen LogP contribution in [0.3, 0.4) is 0 Å². The normalized spacial score (nSPS) is 10.0. The number of alkyl halides is 3. The molecule has 0 saturated heterocycles. The van der Waals surface area contributed by atoms with Crippen molar-refractivity contribution < 1.29 is 23.0 Å². The standard InChI is InChI=1S/C11H8ClF2NO3/c1-17-10(16)6-2-7(4-12)9(18-11(13)14)8(3-6)5-15/h2-3,11H,4H2,1H3. The Kier molecular flexibility index (Phi) is 4.86. The molecule has 4 nitrogen and oxygen atoms in total. The number of methoxy groups -OCH3 is 1. The second-order valence-corrected chi connectivity index (χ2v) is 3.39. The number of nitrogens with zero attached hydrogens (tertiary/aromatic N) is 1. The summed E-state index contributed by atoms with van der Waals surface area (Å²) in [5, 5.41) is 8.86. The maximum atomic E-state index is 12.2. The Labute approximate surface area is 107 Å². The number of carbonyl (C=O) groups is 1. The van der Waals surface area contributed by atoms with Gasteiger partial charge in [-0.3, -0.25) is 0 Å². The van der Waals surface area contributed by atoms with Gasteiger partial charge in [-0.15, -0.1) is 11.6 Å². The minimum absolute atomic E-state index is 0.0475. The molecular formula is C11H8ClF2NO3. The Morgan fingerprint density at radius 2 is 2.22 bits per heavy atom. The molecule has 0 spiro atoms. The van der Waals surface area contributed by atoms with Gasteiger partial charge in [0.2, 0.25) is 0 Å². The largest absolute Gasteiger partial charge is 0.465 e. The zero-order valence-corrected chi connectivity index (χ0v) is 10.0. The van der Waals surface area contributed by atoms with Crippen LogP contribution in [-0.2, 0) is 10.6 Å². The quantitative estimate of drug-likeness (QED) is 0.626. The lowest BCUT2D eigenvalue weighted by molar-refractivity contribution is -0.0505. The molecule has 1 aromatic carbocycles. The van der Waals surface area contributed by atoms with Crippen molar-refractivity contribution in [2.24, 2.45) is 0 Å². The van der Waals surface area contributed by atoms with Gasteiger partial charge in [0, 0.05) is 5.56 Å². The lowest BCUT2D eigenvalue weighted by Gasteiger charge is -2.12. The van der Waals surface area contributed by atoms with Gasteiger partial charge in [0.15, 0.2) is 0 Å². The molecule has 0 bridgehead atoms. The van der Waals surface area contributed by atoms with Crippen LogP contribution in [0.25, 0.3) is 0 Å². The van der Waals surface area contributed by atoms with Crippen LogP contribution in [0.1, 0.15) is 21.5 Å². The van der Waals surface area contributed by atoms with Crippen molar-refractivity contribution >= 4 is 17.6 Å². The fraction of sp³-hybridized carbons (Fsp3) is 0.273. The zero-order valence-electron chi connectivity index (χ0n) is 9.25. The summed E-state index contributed by atoms with van der Waals surface area (Å²) >= 11 is 5.58. The SMILES string of the molecule is COC(=O)c1cc(C#N)c(OC(F)F)c(CCl)c1. The molecule has 0 heterocycles. The van der Waals surface area contributed by atoms with E-state index in [0.29, 0.717) is 0 Å². The lowest BCUT2D eigenvalue weighted by atomic mass is 10.1. The molecule has 1 rings (SSSR count). The summed E-state index contributed by atoms with van der Waals surface area (Å²) in [5.74, 6) is -1.20. The van der Waals surface area contributed by atoms with Crippen LogP contribution in [0.5, 0.6) is 5.75 Å². The van der Waals surface area contributed by atoms with Gasteiger partial charge in [-0.05, 0) is 12.1 Å². The van der Waals surface area contributed by atoms with Gasteiger partial charge in [0.05, 0.1) is 24.1 Å². The number of carbonyl (C=O) groups excluding carboxylic acids is 1. The Balaban J connectivity index is 3.35. The summed E-state index contributed by atoms with van der Waals surface area (Å²) < 4.78 is 33.1. The second kappa shape index (κ2) is 6.17. The summed E-state index contributed by atoms with van der Waals surface area (Å²) in [4.78, 5) is 11.3. The summed E-state index contributed by atoms with van der Waals surface area (Å²) in [5.41, 5.74) is -0.0309. The van der Waals surface area contributed by atoms with Gasteiger partial charge in [-0.1, -0.05) is 0 Å². The van der Waals surface area contributed by atoms with Gasteiger partial charge < -0.3 is 9.47 Å². The van der Waals surface area contributed by atoms with E-state index in [2.05, 4.69) is 9.47 Å². The van der Waals surface area contributed by atoms with Crippen LogP contribution >= 0.6 is 11.6 Å². The molecule has 0 aliphatic heterocycles. The van der Waals surface area contributed by atoms with Crippen molar-refractivity contribution in [3.05, 3.63) is 28.8 Å². The highest BCUT2D eigenvalue weighted by Gasteiger charge is 2.18. The van der Waals surface area contributed by atoms with E-state index < -0.39 is 12.6 Å². The molecule has 1 aromatic rings. The van der Waals surface area contributed by atoms with E-state index in [-0.39, 0.29) is 28.3 Å². The number of hydrogen-bond donors (Lipinski definition) is 0. The minimum Gasteiger partial charge on any atom is -0.465 e. The highest BCUT2D eigenvalue weighted by molar-refractivity contribution is 6.17. The van der Waals surface area contributed by atoms with Crippen molar-refractivity contribution in [1.82, 2.24) is 0 Å². The Hall–Kier alpha value is -1.87. The number of hydrogen-bond acceptors (Lipinski definition) is 4. The van der Waals surface area contributed by atoms with Gasteiger partial charge >= 0.3 is 12.6 Å². The maximum absolute atomic E-state index is 12.2.